The van der Waals surface area contributed by atoms with Crippen molar-refractivity contribution in [2.75, 3.05) is 7.11 Å². The lowest BCUT2D eigenvalue weighted by Gasteiger charge is -2.44. The van der Waals surface area contributed by atoms with E-state index in [-0.39, 0.29) is 6.10 Å². The maximum atomic E-state index is 9.56. The lowest BCUT2D eigenvalue weighted by molar-refractivity contribution is -0.255. The highest BCUT2D eigenvalue weighted by Gasteiger charge is 2.43. The molecule has 3 nitrogen and oxygen atoms in total. The summed E-state index contributed by atoms with van der Waals surface area (Å²) in [5, 5.41) is 9.56. The van der Waals surface area contributed by atoms with Gasteiger partial charge in [0, 0.05) is 13.5 Å². The number of rotatable bonds is 5. The van der Waals surface area contributed by atoms with Crippen molar-refractivity contribution < 1.29 is 14.6 Å². The zero-order valence-electron chi connectivity index (χ0n) is 9.32. The van der Waals surface area contributed by atoms with E-state index >= 15 is 0 Å². The summed E-state index contributed by atoms with van der Waals surface area (Å²) in [6.07, 6.45) is 5.64. The van der Waals surface area contributed by atoms with Gasteiger partial charge in [-0.25, -0.2) is 0 Å². The molecular weight excluding hydrogens is 192 g/mol. The summed E-state index contributed by atoms with van der Waals surface area (Å²) in [6, 6.07) is 0. The fraction of sp³-hybridized carbons (Fsp3) is 0.667. The SMILES string of the molecule is C=CCC1(CC=C)OC(O)CCC1OC. The first kappa shape index (κ1) is 12.4. The van der Waals surface area contributed by atoms with Gasteiger partial charge in [-0.3, -0.25) is 0 Å². The van der Waals surface area contributed by atoms with Gasteiger partial charge in [-0.1, -0.05) is 12.2 Å². The lowest BCUT2D eigenvalue weighted by atomic mass is 9.84. The minimum Gasteiger partial charge on any atom is -0.378 e. The van der Waals surface area contributed by atoms with E-state index in [1.54, 1.807) is 19.3 Å². The van der Waals surface area contributed by atoms with Crippen LogP contribution in [0.15, 0.2) is 25.3 Å². The Labute approximate surface area is 91.4 Å². The zero-order chi connectivity index (χ0) is 11.3. The van der Waals surface area contributed by atoms with E-state index in [0.29, 0.717) is 19.3 Å². The molecule has 3 heteroatoms. The first-order valence-electron chi connectivity index (χ1n) is 5.29. The Morgan fingerprint density at radius 2 is 2.00 bits per heavy atom. The Bertz CT molecular complexity index is 215. The number of methoxy groups -OCH3 is 1. The lowest BCUT2D eigenvalue weighted by Crippen LogP contribution is -2.51. The maximum absolute atomic E-state index is 9.56. The van der Waals surface area contributed by atoms with Crippen molar-refractivity contribution in [3.05, 3.63) is 25.3 Å². The largest absolute Gasteiger partial charge is 0.378 e. The first-order valence-corrected chi connectivity index (χ1v) is 5.29. The number of hydrogen-bond acceptors (Lipinski definition) is 3. The van der Waals surface area contributed by atoms with Crippen molar-refractivity contribution in [2.24, 2.45) is 0 Å². The van der Waals surface area contributed by atoms with Crippen LogP contribution in [0.5, 0.6) is 0 Å². The Balaban J connectivity index is 2.85. The molecule has 15 heavy (non-hydrogen) atoms. The van der Waals surface area contributed by atoms with Gasteiger partial charge in [0.1, 0.15) is 5.60 Å². The fourth-order valence-corrected chi connectivity index (χ4v) is 2.23. The molecule has 1 aliphatic heterocycles. The second-order valence-electron chi connectivity index (χ2n) is 3.92. The predicted molar refractivity (Wildman–Crippen MR) is 59.5 cm³/mol. The van der Waals surface area contributed by atoms with Gasteiger partial charge in [-0.2, -0.15) is 0 Å². The van der Waals surface area contributed by atoms with Gasteiger partial charge in [-0.15, -0.1) is 13.2 Å². The molecule has 0 aromatic heterocycles. The minimum absolute atomic E-state index is 0.00287. The second kappa shape index (κ2) is 5.45. The van der Waals surface area contributed by atoms with E-state index < -0.39 is 11.9 Å². The monoisotopic (exact) mass is 212 g/mol. The van der Waals surface area contributed by atoms with E-state index in [2.05, 4.69) is 13.2 Å². The van der Waals surface area contributed by atoms with Crippen LogP contribution in [0, 0.1) is 0 Å². The zero-order valence-corrected chi connectivity index (χ0v) is 9.32. The molecule has 0 spiro atoms. The third-order valence-corrected chi connectivity index (χ3v) is 2.90. The number of aliphatic hydroxyl groups is 1. The molecule has 1 heterocycles. The van der Waals surface area contributed by atoms with Gasteiger partial charge >= 0.3 is 0 Å². The highest BCUT2D eigenvalue weighted by Crippen LogP contribution is 2.36. The normalized spacial score (nSPS) is 29.7. The van der Waals surface area contributed by atoms with Crippen LogP contribution in [0.3, 0.4) is 0 Å². The van der Waals surface area contributed by atoms with Crippen molar-refractivity contribution >= 4 is 0 Å². The smallest absolute Gasteiger partial charge is 0.155 e. The predicted octanol–water partition coefficient (Wildman–Crippen LogP) is 2.02. The molecule has 1 saturated heterocycles. The van der Waals surface area contributed by atoms with Crippen molar-refractivity contribution in [3.8, 4) is 0 Å². The van der Waals surface area contributed by atoms with Crippen molar-refractivity contribution in [1.82, 2.24) is 0 Å². The van der Waals surface area contributed by atoms with Crippen LogP contribution < -0.4 is 0 Å². The van der Waals surface area contributed by atoms with Crippen LogP contribution in [0.25, 0.3) is 0 Å². The Morgan fingerprint density at radius 1 is 1.40 bits per heavy atom. The molecular formula is C12H20O3. The third kappa shape index (κ3) is 2.68. The first-order chi connectivity index (χ1) is 7.18. The standard InChI is InChI=1S/C12H20O3/c1-4-8-12(9-5-2)10(14-3)6-7-11(13)15-12/h4-5,10-11,13H,1-2,6-9H2,3H3. The quantitative estimate of drug-likeness (QED) is 0.709. The van der Waals surface area contributed by atoms with E-state index in [1.165, 1.54) is 0 Å². The molecule has 2 atom stereocenters. The molecule has 0 aromatic rings. The molecule has 0 aromatic carbocycles. The van der Waals surface area contributed by atoms with Gasteiger partial charge in [0.05, 0.1) is 6.10 Å². The third-order valence-electron chi connectivity index (χ3n) is 2.90. The summed E-state index contributed by atoms with van der Waals surface area (Å²) >= 11 is 0. The van der Waals surface area contributed by atoms with Crippen LogP contribution in [0.1, 0.15) is 25.7 Å². The van der Waals surface area contributed by atoms with Crippen molar-refractivity contribution in [3.63, 3.8) is 0 Å². The molecule has 1 N–H and O–H groups in total. The van der Waals surface area contributed by atoms with Crippen LogP contribution in [-0.4, -0.2) is 30.2 Å². The van der Waals surface area contributed by atoms with E-state index in [4.69, 9.17) is 9.47 Å². The van der Waals surface area contributed by atoms with E-state index in [0.717, 1.165) is 6.42 Å². The minimum atomic E-state index is -0.698. The Hall–Kier alpha value is -0.640. The molecule has 86 valence electrons. The number of hydrogen-bond donors (Lipinski definition) is 1. The summed E-state index contributed by atoms with van der Waals surface area (Å²) < 4.78 is 11.1. The maximum Gasteiger partial charge on any atom is 0.155 e. The van der Waals surface area contributed by atoms with Gasteiger partial charge in [0.25, 0.3) is 0 Å². The summed E-state index contributed by atoms with van der Waals surface area (Å²) in [5.74, 6) is 0. The van der Waals surface area contributed by atoms with Gasteiger partial charge < -0.3 is 14.6 Å². The second-order valence-corrected chi connectivity index (χ2v) is 3.92. The summed E-state index contributed by atoms with van der Waals surface area (Å²) in [7, 11) is 1.67. The van der Waals surface area contributed by atoms with Crippen LogP contribution in [-0.2, 0) is 9.47 Å². The summed E-state index contributed by atoms with van der Waals surface area (Å²) in [4.78, 5) is 0. The average molecular weight is 212 g/mol. The molecule has 0 saturated carbocycles. The molecule has 1 aliphatic rings. The van der Waals surface area contributed by atoms with Crippen molar-refractivity contribution in [2.45, 2.75) is 43.7 Å². The molecule has 1 rings (SSSR count). The van der Waals surface area contributed by atoms with Gasteiger partial charge in [0.15, 0.2) is 6.29 Å². The van der Waals surface area contributed by atoms with E-state index in [9.17, 15) is 5.11 Å². The van der Waals surface area contributed by atoms with Gasteiger partial charge in [-0.05, 0) is 19.3 Å². The van der Waals surface area contributed by atoms with Crippen LogP contribution in [0.4, 0.5) is 0 Å². The highest BCUT2D eigenvalue weighted by molar-refractivity contribution is 5.01. The average Bonchev–Trinajstić information content (AvgIpc) is 2.18. The van der Waals surface area contributed by atoms with E-state index in [1.807, 2.05) is 0 Å². The van der Waals surface area contributed by atoms with Crippen LogP contribution >= 0.6 is 0 Å². The van der Waals surface area contributed by atoms with Crippen molar-refractivity contribution in [1.29, 1.82) is 0 Å². The molecule has 2 unspecified atom stereocenters. The molecule has 0 bridgehead atoms. The Morgan fingerprint density at radius 3 is 2.47 bits per heavy atom. The number of aliphatic hydroxyl groups excluding tert-OH is 1. The number of ether oxygens (including phenoxy) is 2. The molecule has 0 aliphatic carbocycles. The summed E-state index contributed by atoms with van der Waals surface area (Å²) in [6.45, 7) is 7.45. The highest BCUT2D eigenvalue weighted by atomic mass is 16.6. The van der Waals surface area contributed by atoms with Crippen LogP contribution in [0.2, 0.25) is 0 Å². The Kier molecular flexibility index (Phi) is 4.51. The van der Waals surface area contributed by atoms with Gasteiger partial charge in [0.2, 0.25) is 0 Å². The summed E-state index contributed by atoms with van der Waals surface area (Å²) in [5.41, 5.74) is -0.490. The molecule has 0 amide bonds. The fourth-order valence-electron chi connectivity index (χ4n) is 2.23. The topological polar surface area (TPSA) is 38.7 Å². The molecule has 0 radical (unpaired) electrons. The molecule has 1 fully saturated rings.